The van der Waals surface area contributed by atoms with E-state index >= 15 is 0 Å². The van der Waals surface area contributed by atoms with Gasteiger partial charge in [0.15, 0.2) is 10.7 Å². The van der Waals surface area contributed by atoms with E-state index in [0.29, 0.717) is 12.3 Å². The van der Waals surface area contributed by atoms with Crippen molar-refractivity contribution in [2.75, 3.05) is 6.61 Å². The molecular formula is C11H14N2O2S. The van der Waals surface area contributed by atoms with Gasteiger partial charge in [-0.2, -0.15) is 0 Å². The molecule has 2 rings (SSSR count). The van der Waals surface area contributed by atoms with Crippen molar-refractivity contribution in [2.45, 2.75) is 26.7 Å². The largest absolute Gasteiger partial charge is 0.461 e. The first-order valence-corrected chi connectivity index (χ1v) is 6.15. The highest BCUT2D eigenvalue weighted by molar-refractivity contribution is 7.15. The van der Waals surface area contributed by atoms with Crippen LogP contribution in [0.4, 0.5) is 0 Å². The van der Waals surface area contributed by atoms with Crippen molar-refractivity contribution in [3.05, 3.63) is 23.0 Å². The van der Waals surface area contributed by atoms with Crippen molar-refractivity contribution in [3.8, 4) is 0 Å². The first kappa shape index (κ1) is 11.1. The number of hydrogen-bond donors (Lipinski definition) is 0. The van der Waals surface area contributed by atoms with Crippen LogP contribution in [0.15, 0.2) is 11.6 Å². The molecular weight excluding hydrogens is 224 g/mol. The molecule has 0 aliphatic heterocycles. The van der Waals surface area contributed by atoms with Crippen LogP contribution < -0.4 is 0 Å². The molecule has 0 saturated heterocycles. The topological polar surface area (TPSA) is 43.6 Å². The van der Waals surface area contributed by atoms with E-state index in [0.717, 1.165) is 10.7 Å². The third-order valence-electron chi connectivity index (χ3n) is 2.30. The van der Waals surface area contributed by atoms with Crippen LogP contribution in [0.1, 0.15) is 42.9 Å². The van der Waals surface area contributed by atoms with Crippen LogP contribution in [0, 0.1) is 0 Å². The molecule has 0 unspecified atom stereocenters. The van der Waals surface area contributed by atoms with Crippen molar-refractivity contribution < 1.29 is 9.53 Å². The number of thiazole rings is 1. The highest BCUT2D eigenvalue weighted by atomic mass is 32.1. The summed E-state index contributed by atoms with van der Waals surface area (Å²) >= 11 is 1.52. The Kier molecular flexibility index (Phi) is 2.96. The number of rotatable bonds is 3. The predicted molar refractivity (Wildman–Crippen MR) is 63.1 cm³/mol. The van der Waals surface area contributed by atoms with E-state index in [2.05, 4.69) is 4.98 Å². The molecule has 2 heterocycles. The highest BCUT2D eigenvalue weighted by Gasteiger charge is 2.22. The second-order valence-electron chi connectivity index (χ2n) is 3.78. The average Bonchev–Trinajstić information content (AvgIpc) is 2.75. The number of carbonyl (C=O) groups is 1. The first-order chi connectivity index (χ1) is 7.65. The lowest BCUT2D eigenvalue weighted by atomic mass is 10.1. The molecule has 4 nitrogen and oxygen atoms in total. The highest BCUT2D eigenvalue weighted by Crippen LogP contribution is 2.24. The second-order valence-corrected chi connectivity index (χ2v) is 4.65. The molecule has 0 amide bonds. The minimum atomic E-state index is -0.294. The number of imidazole rings is 1. The van der Waals surface area contributed by atoms with Crippen LogP contribution in [-0.4, -0.2) is 22.0 Å². The summed E-state index contributed by atoms with van der Waals surface area (Å²) in [7, 11) is 0. The van der Waals surface area contributed by atoms with Gasteiger partial charge in [-0.15, -0.1) is 11.3 Å². The number of carbonyl (C=O) groups excluding carboxylic acids is 1. The van der Waals surface area contributed by atoms with Gasteiger partial charge in [-0.25, -0.2) is 9.78 Å². The molecule has 0 atom stereocenters. The Morgan fingerprint density at radius 2 is 2.38 bits per heavy atom. The van der Waals surface area contributed by atoms with Crippen LogP contribution in [0.5, 0.6) is 0 Å². The number of hydrogen-bond acceptors (Lipinski definition) is 4. The van der Waals surface area contributed by atoms with Crippen LogP contribution >= 0.6 is 11.3 Å². The summed E-state index contributed by atoms with van der Waals surface area (Å²) < 4.78 is 6.86. The van der Waals surface area contributed by atoms with Gasteiger partial charge >= 0.3 is 5.97 Å². The minimum absolute atomic E-state index is 0.214. The molecule has 5 heteroatoms. The van der Waals surface area contributed by atoms with Gasteiger partial charge in [0.05, 0.1) is 12.3 Å². The Morgan fingerprint density at radius 1 is 1.62 bits per heavy atom. The standard InChI is InChI=1S/C11H14N2O2S/c1-4-15-10(14)9-8(7(2)3)12-11-13(9)5-6-16-11/h5-7H,4H2,1-3H3. The maximum Gasteiger partial charge on any atom is 0.357 e. The predicted octanol–water partition coefficient (Wildman–Crippen LogP) is 2.70. The van der Waals surface area contributed by atoms with E-state index in [4.69, 9.17) is 4.74 Å². The van der Waals surface area contributed by atoms with Crippen LogP contribution in [-0.2, 0) is 4.74 Å². The third-order valence-corrected chi connectivity index (χ3v) is 3.06. The molecule has 0 aliphatic carbocycles. The van der Waals surface area contributed by atoms with Crippen molar-refractivity contribution in [3.63, 3.8) is 0 Å². The van der Waals surface area contributed by atoms with Crippen LogP contribution in [0.2, 0.25) is 0 Å². The monoisotopic (exact) mass is 238 g/mol. The lowest BCUT2D eigenvalue weighted by Gasteiger charge is -2.05. The van der Waals surface area contributed by atoms with E-state index < -0.39 is 0 Å². The fourth-order valence-electron chi connectivity index (χ4n) is 1.61. The normalized spacial score (nSPS) is 11.2. The van der Waals surface area contributed by atoms with Gasteiger partial charge in [-0.1, -0.05) is 13.8 Å². The van der Waals surface area contributed by atoms with Gasteiger partial charge in [-0.3, -0.25) is 4.40 Å². The van der Waals surface area contributed by atoms with Gasteiger partial charge < -0.3 is 4.74 Å². The Bertz CT molecular complexity index is 513. The van der Waals surface area contributed by atoms with E-state index in [1.807, 2.05) is 25.4 Å². The quantitative estimate of drug-likeness (QED) is 0.772. The molecule has 0 aliphatic rings. The van der Waals surface area contributed by atoms with E-state index in [1.165, 1.54) is 11.3 Å². The number of fused-ring (bicyclic) bond motifs is 1. The Morgan fingerprint density at radius 3 is 3.00 bits per heavy atom. The van der Waals surface area contributed by atoms with E-state index in [9.17, 15) is 4.79 Å². The lowest BCUT2D eigenvalue weighted by Crippen LogP contribution is -2.10. The molecule has 0 spiro atoms. The smallest absolute Gasteiger partial charge is 0.357 e. The summed E-state index contributed by atoms with van der Waals surface area (Å²) in [4.78, 5) is 17.2. The zero-order valence-electron chi connectivity index (χ0n) is 9.56. The van der Waals surface area contributed by atoms with Gasteiger partial charge in [-0.05, 0) is 12.8 Å². The first-order valence-electron chi connectivity index (χ1n) is 5.27. The molecule has 0 saturated carbocycles. The summed E-state index contributed by atoms with van der Waals surface area (Å²) in [6.45, 7) is 6.23. The van der Waals surface area contributed by atoms with E-state index in [1.54, 1.807) is 11.3 Å². The fraction of sp³-hybridized carbons (Fsp3) is 0.455. The summed E-state index contributed by atoms with van der Waals surface area (Å²) in [6.07, 6.45) is 1.85. The summed E-state index contributed by atoms with van der Waals surface area (Å²) in [5.74, 6) is -0.0800. The molecule has 86 valence electrons. The van der Waals surface area contributed by atoms with Gasteiger partial charge in [0.2, 0.25) is 0 Å². The number of ether oxygens (including phenoxy) is 1. The van der Waals surface area contributed by atoms with Crippen molar-refractivity contribution >= 4 is 22.3 Å². The molecule has 0 N–H and O–H groups in total. The van der Waals surface area contributed by atoms with Gasteiger partial charge in [0.1, 0.15) is 0 Å². The lowest BCUT2D eigenvalue weighted by molar-refractivity contribution is 0.0516. The number of esters is 1. The second kappa shape index (κ2) is 4.25. The number of nitrogens with zero attached hydrogens (tertiary/aromatic N) is 2. The Hall–Kier alpha value is -1.36. The molecule has 2 aromatic heterocycles. The summed E-state index contributed by atoms with van der Waals surface area (Å²) in [5, 5.41) is 1.91. The third kappa shape index (κ3) is 1.71. The SMILES string of the molecule is CCOC(=O)c1c(C(C)C)nc2sccn12. The van der Waals surface area contributed by atoms with Crippen molar-refractivity contribution in [1.29, 1.82) is 0 Å². The zero-order valence-corrected chi connectivity index (χ0v) is 10.4. The Labute approximate surface area is 97.9 Å². The van der Waals surface area contributed by atoms with Crippen LogP contribution in [0.3, 0.4) is 0 Å². The average molecular weight is 238 g/mol. The molecule has 0 radical (unpaired) electrons. The zero-order chi connectivity index (χ0) is 11.7. The van der Waals surface area contributed by atoms with Crippen molar-refractivity contribution in [2.24, 2.45) is 0 Å². The molecule has 2 aromatic rings. The minimum Gasteiger partial charge on any atom is -0.461 e. The Balaban J connectivity index is 2.57. The fourth-order valence-corrected chi connectivity index (χ4v) is 2.33. The van der Waals surface area contributed by atoms with Crippen molar-refractivity contribution in [1.82, 2.24) is 9.38 Å². The molecule has 0 bridgehead atoms. The molecule has 0 aromatic carbocycles. The maximum absolute atomic E-state index is 11.9. The van der Waals surface area contributed by atoms with E-state index in [-0.39, 0.29) is 11.9 Å². The number of aromatic nitrogens is 2. The summed E-state index contributed by atoms with van der Waals surface area (Å²) in [5.41, 5.74) is 1.37. The van der Waals surface area contributed by atoms with Gasteiger partial charge in [0.25, 0.3) is 0 Å². The maximum atomic E-state index is 11.9. The summed E-state index contributed by atoms with van der Waals surface area (Å²) in [6, 6.07) is 0. The van der Waals surface area contributed by atoms with Crippen LogP contribution in [0.25, 0.3) is 4.96 Å². The molecule has 16 heavy (non-hydrogen) atoms. The van der Waals surface area contributed by atoms with Gasteiger partial charge in [0, 0.05) is 11.6 Å². The molecule has 0 fully saturated rings.